The molecule has 0 fully saturated rings. The molecule has 6 aromatic rings. The lowest BCUT2D eigenvalue weighted by molar-refractivity contribution is -0.140. The Morgan fingerprint density at radius 1 is 0.342 bits per heavy atom. The molecule has 0 aliphatic rings. The van der Waals surface area contributed by atoms with E-state index in [9.17, 15) is 25.5 Å². The van der Waals surface area contributed by atoms with E-state index < -0.39 is 49.3 Å². The first-order chi connectivity index (χ1) is 35.6. The highest BCUT2D eigenvalue weighted by molar-refractivity contribution is 5.17. The van der Waals surface area contributed by atoms with E-state index in [-0.39, 0.29) is 49.9 Å². The van der Waals surface area contributed by atoms with Gasteiger partial charge in [-0.25, -0.2) is 0 Å². The Balaban J connectivity index is 1.32. The minimum Gasteiger partial charge on any atom is -0.394 e. The maximum absolute atomic E-state index is 11.7. The van der Waals surface area contributed by atoms with E-state index in [0.717, 1.165) is 33.4 Å². The maximum atomic E-state index is 11.7. The molecule has 0 spiro atoms. The zero-order valence-electron chi connectivity index (χ0n) is 42.5. The van der Waals surface area contributed by atoms with Crippen molar-refractivity contribution in [3.63, 3.8) is 0 Å². The van der Waals surface area contributed by atoms with Gasteiger partial charge in [-0.3, -0.25) is 0 Å². The van der Waals surface area contributed by atoms with E-state index >= 15 is 0 Å². The van der Waals surface area contributed by atoms with Crippen molar-refractivity contribution in [1.29, 1.82) is 0 Å². The largest absolute Gasteiger partial charge is 0.394 e. The van der Waals surface area contributed by atoms with Gasteiger partial charge in [0.15, 0.2) is 0 Å². The van der Waals surface area contributed by atoms with Crippen LogP contribution in [-0.4, -0.2) is 93.7 Å². The van der Waals surface area contributed by atoms with Crippen molar-refractivity contribution in [2.24, 2.45) is 11.8 Å². The van der Waals surface area contributed by atoms with E-state index in [1.807, 2.05) is 133 Å². The van der Waals surface area contributed by atoms with Crippen molar-refractivity contribution >= 4 is 0 Å². The quantitative estimate of drug-likeness (QED) is 0.0258. The molecule has 11 nitrogen and oxygen atoms in total. The second-order valence-electron chi connectivity index (χ2n) is 19.3. The Bertz CT molecular complexity index is 2300. The van der Waals surface area contributed by atoms with Crippen molar-refractivity contribution < 1.29 is 54.0 Å². The molecule has 6 aromatic carbocycles. The van der Waals surface area contributed by atoms with Crippen molar-refractivity contribution in [3.8, 4) is 0 Å². The first-order valence-electron chi connectivity index (χ1n) is 25.9. The molecule has 0 bridgehead atoms. The molecular weight excluding hydrogens is 921 g/mol. The van der Waals surface area contributed by atoms with Crippen molar-refractivity contribution in [1.82, 2.24) is 0 Å². The van der Waals surface area contributed by atoms with Gasteiger partial charge in [0.2, 0.25) is 0 Å². The van der Waals surface area contributed by atoms with Gasteiger partial charge in [0.1, 0.15) is 6.10 Å². The molecule has 73 heavy (non-hydrogen) atoms. The smallest absolute Gasteiger partial charge is 0.103 e. The van der Waals surface area contributed by atoms with E-state index in [1.165, 1.54) is 0 Å². The Kier molecular flexibility index (Phi) is 25.2. The topological polar surface area (TPSA) is 157 Å². The van der Waals surface area contributed by atoms with Gasteiger partial charge >= 0.3 is 0 Å². The maximum Gasteiger partial charge on any atom is 0.103 e. The number of aliphatic hydroxyl groups is 5. The number of aliphatic hydroxyl groups excluding tert-OH is 5. The van der Waals surface area contributed by atoms with Gasteiger partial charge in [0.05, 0.1) is 102 Å². The molecule has 11 heteroatoms. The molecule has 0 heterocycles. The molecule has 0 saturated carbocycles. The highest BCUT2D eigenvalue weighted by atomic mass is 16.5. The van der Waals surface area contributed by atoms with Crippen LogP contribution in [-0.2, 0) is 68.1 Å². The molecule has 0 amide bonds. The monoisotopic (exact) mass is 999 g/mol. The standard InChI is InChI=1S/C62H78O11/c1-46(60(71-42-51-27-15-6-16-28-51)35-55(65)33-54(64)34-58(66)59(67)38-63)62(73-44-53-31-19-8-20-32-53)47(2)61(72-43-52-29-17-7-18-30-52)37-56(69-40-49-23-11-4-12-24-49)36-57(70-41-50-25-13-5-14-26-50)45-68-39-48-21-9-3-10-22-48/h3-32,46-47,54-67H,33-45H2,1-2H3/t46-,47-,54-,55-,56-,57-,58+,59-,60-,61+,62+/m0/s1. The third kappa shape index (κ3) is 21.0. The number of ether oxygens (including phenoxy) is 6. The number of hydrogen-bond acceptors (Lipinski definition) is 11. The molecule has 0 aromatic heterocycles. The summed E-state index contributed by atoms with van der Waals surface area (Å²) in [7, 11) is 0. The molecule has 11 atom stereocenters. The predicted octanol–water partition coefficient (Wildman–Crippen LogP) is 9.79. The molecule has 6 rings (SSSR count). The highest BCUT2D eigenvalue weighted by Gasteiger charge is 2.38. The minimum atomic E-state index is -1.40. The number of rotatable bonds is 35. The second kappa shape index (κ2) is 32.2. The van der Waals surface area contributed by atoms with Crippen LogP contribution in [0, 0.1) is 11.8 Å². The molecule has 0 aliphatic carbocycles. The lowest BCUT2D eigenvalue weighted by Gasteiger charge is -2.39. The molecule has 0 aliphatic heterocycles. The zero-order valence-corrected chi connectivity index (χ0v) is 42.5. The molecule has 0 unspecified atom stereocenters. The Hall–Kier alpha value is -5.12. The summed E-state index contributed by atoms with van der Waals surface area (Å²) in [6, 6.07) is 60.4. The fourth-order valence-corrected chi connectivity index (χ4v) is 9.16. The summed E-state index contributed by atoms with van der Waals surface area (Å²) in [5.74, 6) is -0.611. The lowest BCUT2D eigenvalue weighted by Crippen LogP contribution is -2.45. The highest BCUT2D eigenvalue weighted by Crippen LogP contribution is 2.33. The van der Waals surface area contributed by atoms with Crippen LogP contribution in [0.25, 0.3) is 0 Å². The fourth-order valence-electron chi connectivity index (χ4n) is 9.16. The van der Waals surface area contributed by atoms with Gasteiger partial charge in [0.25, 0.3) is 0 Å². The first-order valence-corrected chi connectivity index (χ1v) is 25.9. The Morgan fingerprint density at radius 3 is 1.10 bits per heavy atom. The van der Waals surface area contributed by atoms with Crippen LogP contribution in [0.1, 0.15) is 79.3 Å². The summed E-state index contributed by atoms with van der Waals surface area (Å²) >= 11 is 0. The van der Waals surface area contributed by atoms with Crippen LogP contribution in [0.2, 0.25) is 0 Å². The number of benzene rings is 6. The van der Waals surface area contributed by atoms with Gasteiger partial charge in [-0.05, 0) is 46.2 Å². The van der Waals surface area contributed by atoms with Crippen molar-refractivity contribution in [2.45, 2.75) is 141 Å². The van der Waals surface area contributed by atoms with Crippen molar-refractivity contribution in [2.75, 3.05) is 13.2 Å². The molecule has 5 N–H and O–H groups in total. The Labute approximate surface area is 433 Å². The summed E-state index contributed by atoms with van der Waals surface area (Å²) in [6.45, 7) is 6.09. The van der Waals surface area contributed by atoms with Crippen LogP contribution in [0.4, 0.5) is 0 Å². The predicted molar refractivity (Wildman–Crippen MR) is 284 cm³/mol. The van der Waals surface area contributed by atoms with Gasteiger partial charge in [0, 0.05) is 31.1 Å². The van der Waals surface area contributed by atoms with Gasteiger partial charge in [-0.2, -0.15) is 0 Å². The van der Waals surface area contributed by atoms with E-state index in [2.05, 4.69) is 62.4 Å². The molecule has 392 valence electrons. The summed E-state index contributed by atoms with van der Waals surface area (Å²) < 4.78 is 41.0. The second-order valence-corrected chi connectivity index (χ2v) is 19.3. The fraction of sp³-hybridized carbons (Fsp3) is 0.419. The molecule has 0 saturated heterocycles. The third-order valence-electron chi connectivity index (χ3n) is 13.4. The van der Waals surface area contributed by atoms with Crippen LogP contribution in [0.3, 0.4) is 0 Å². The summed E-state index contributed by atoms with van der Waals surface area (Å²) in [6.07, 6.45) is -6.28. The average molecular weight is 999 g/mol. The van der Waals surface area contributed by atoms with Crippen LogP contribution >= 0.6 is 0 Å². The van der Waals surface area contributed by atoms with Crippen LogP contribution < -0.4 is 0 Å². The lowest BCUT2D eigenvalue weighted by atomic mass is 9.81. The van der Waals surface area contributed by atoms with Gasteiger partial charge in [-0.1, -0.05) is 196 Å². The Morgan fingerprint density at radius 2 is 0.685 bits per heavy atom. The minimum absolute atomic E-state index is 0.0793. The summed E-state index contributed by atoms with van der Waals surface area (Å²) in [5, 5.41) is 52.3. The van der Waals surface area contributed by atoms with Crippen LogP contribution in [0.5, 0.6) is 0 Å². The molecular formula is C62H78O11. The average Bonchev–Trinajstić information content (AvgIpc) is 3.42. The van der Waals surface area contributed by atoms with E-state index in [4.69, 9.17) is 28.4 Å². The summed E-state index contributed by atoms with van der Waals surface area (Å²) in [5.41, 5.74) is 6.17. The molecule has 0 radical (unpaired) electrons. The van der Waals surface area contributed by atoms with E-state index in [0.29, 0.717) is 52.5 Å². The normalized spacial score (nSPS) is 16.3. The van der Waals surface area contributed by atoms with E-state index in [1.54, 1.807) is 0 Å². The first kappa shape index (κ1) is 57.2. The SMILES string of the molecule is C[C@H]([C@@H](OCc1ccccc1)[C@@H](C)[C@@H](C[C@H](C[C@@H](COCc1ccccc1)OCc1ccccc1)OCc1ccccc1)OCc1ccccc1)[C@H](C[C@@H](O)C[C@H](O)C[C@@H](O)[C@@H](O)CO)OCc1ccccc1. The number of hydrogen-bond donors (Lipinski definition) is 5. The van der Waals surface area contributed by atoms with Crippen molar-refractivity contribution in [3.05, 3.63) is 215 Å². The van der Waals surface area contributed by atoms with Gasteiger partial charge in [-0.15, -0.1) is 0 Å². The van der Waals surface area contributed by atoms with Gasteiger partial charge < -0.3 is 54.0 Å². The zero-order chi connectivity index (χ0) is 51.5. The summed E-state index contributed by atoms with van der Waals surface area (Å²) in [4.78, 5) is 0. The van der Waals surface area contributed by atoms with Crippen LogP contribution in [0.15, 0.2) is 182 Å². The third-order valence-corrected chi connectivity index (χ3v) is 13.4.